The highest BCUT2D eigenvalue weighted by Crippen LogP contribution is 2.27. The average molecular weight is 448 g/mol. The van der Waals surface area contributed by atoms with Crippen LogP contribution in [0.5, 0.6) is 0 Å². The largest absolute Gasteiger partial charge is 0.354 e. The average Bonchev–Trinajstić information content (AvgIpc) is 2.89. The maximum atomic E-state index is 4.31. The van der Waals surface area contributed by atoms with Crippen LogP contribution < -0.4 is 10.6 Å². The molecule has 0 aromatic carbocycles. The van der Waals surface area contributed by atoms with Crippen LogP contribution in [0.2, 0.25) is 0 Å². The van der Waals surface area contributed by atoms with E-state index in [9.17, 15) is 0 Å². The van der Waals surface area contributed by atoms with Crippen molar-refractivity contribution in [2.75, 3.05) is 7.05 Å². The Morgan fingerprint density at radius 1 is 1.29 bits per heavy atom. The van der Waals surface area contributed by atoms with Gasteiger partial charge in [0.05, 0.1) is 6.54 Å². The molecule has 7 heteroatoms. The molecule has 1 heterocycles. The zero-order valence-electron chi connectivity index (χ0n) is 15.5. The Hall–Kier alpha value is -0.860. The molecule has 2 rings (SSSR count). The van der Waals surface area contributed by atoms with Gasteiger partial charge >= 0.3 is 0 Å². The highest BCUT2D eigenvalue weighted by molar-refractivity contribution is 14.0. The maximum absolute atomic E-state index is 4.31. The van der Waals surface area contributed by atoms with E-state index in [1.165, 1.54) is 44.9 Å². The van der Waals surface area contributed by atoms with Gasteiger partial charge < -0.3 is 15.2 Å². The number of hydrogen-bond acceptors (Lipinski definition) is 3. The fourth-order valence-electron chi connectivity index (χ4n) is 3.23. The highest BCUT2D eigenvalue weighted by Gasteiger charge is 2.15. The molecule has 0 bridgehead atoms. The summed E-state index contributed by atoms with van der Waals surface area (Å²) < 4.78 is 1.99. The summed E-state index contributed by atoms with van der Waals surface area (Å²) in [5.74, 6) is 3.61. The summed E-state index contributed by atoms with van der Waals surface area (Å²) >= 11 is 0. The van der Waals surface area contributed by atoms with Crippen molar-refractivity contribution in [2.24, 2.45) is 18.0 Å². The monoisotopic (exact) mass is 448 g/mol. The summed E-state index contributed by atoms with van der Waals surface area (Å²) in [7, 11) is 3.79. The maximum Gasteiger partial charge on any atom is 0.191 e. The van der Waals surface area contributed by atoms with Gasteiger partial charge in [0.1, 0.15) is 5.82 Å². The first kappa shape index (κ1) is 21.2. The normalized spacial score (nSPS) is 17.2. The molecule has 1 aromatic heterocycles. The van der Waals surface area contributed by atoms with E-state index < -0.39 is 0 Å². The van der Waals surface area contributed by atoms with Crippen LogP contribution in [0.1, 0.15) is 63.5 Å². The number of guanidine groups is 1. The molecular weight excluding hydrogens is 415 g/mol. The van der Waals surface area contributed by atoms with Gasteiger partial charge in [0.2, 0.25) is 0 Å². The van der Waals surface area contributed by atoms with E-state index in [1.807, 2.05) is 25.6 Å². The van der Waals surface area contributed by atoms with Gasteiger partial charge in [-0.15, -0.1) is 34.2 Å². The Bertz CT molecular complexity index is 507. The summed E-state index contributed by atoms with van der Waals surface area (Å²) in [6.07, 6.45) is 9.65. The second kappa shape index (κ2) is 10.9. The first-order chi connectivity index (χ1) is 11.1. The van der Waals surface area contributed by atoms with Crippen molar-refractivity contribution in [1.29, 1.82) is 0 Å². The minimum atomic E-state index is 0. The molecule has 24 heavy (non-hydrogen) atoms. The summed E-state index contributed by atoms with van der Waals surface area (Å²) in [5, 5.41) is 15.0. The summed E-state index contributed by atoms with van der Waals surface area (Å²) in [6, 6.07) is 0.435. The van der Waals surface area contributed by atoms with Crippen LogP contribution in [0.25, 0.3) is 0 Å². The predicted molar refractivity (Wildman–Crippen MR) is 110 cm³/mol. The minimum Gasteiger partial charge on any atom is -0.354 e. The lowest BCUT2D eigenvalue weighted by atomic mass is 9.85. The van der Waals surface area contributed by atoms with Gasteiger partial charge in [0.15, 0.2) is 11.8 Å². The van der Waals surface area contributed by atoms with E-state index in [-0.39, 0.29) is 24.0 Å². The molecule has 1 fully saturated rings. The SMILES string of the molecule is CN=C(NCc1nnc(C)n1C)NC(C)CCC1CCCCC1.I. The van der Waals surface area contributed by atoms with Crippen LogP contribution >= 0.6 is 24.0 Å². The van der Waals surface area contributed by atoms with E-state index in [4.69, 9.17) is 0 Å². The van der Waals surface area contributed by atoms with Crippen LogP contribution in [0.3, 0.4) is 0 Å². The molecule has 1 unspecified atom stereocenters. The predicted octanol–water partition coefficient (Wildman–Crippen LogP) is 3.16. The molecule has 1 aromatic rings. The molecule has 0 radical (unpaired) electrons. The van der Waals surface area contributed by atoms with Crippen LogP contribution in [0.15, 0.2) is 4.99 Å². The van der Waals surface area contributed by atoms with Gasteiger partial charge in [-0.25, -0.2) is 0 Å². The number of aromatic nitrogens is 3. The van der Waals surface area contributed by atoms with Gasteiger partial charge in [-0.3, -0.25) is 4.99 Å². The van der Waals surface area contributed by atoms with Crippen LogP contribution in [-0.2, 0) is 13.6 Å². The van der Waals surface area contributed by atoms with E-state index in [0.29, 0.717) is 12.6 Å². The van der Waals surface area contributed by atoms with Gasteiger partial charge in [-0.05, 0) is 32.6 Å². The number of nitrogens with zero attached hydrogens (tertiary/aromatic N) is 4. The number of nitrogens with one attached hydrogen (secondary N) is 2. The molecule has 2 N–H and O–H groups in total. The Morgan fingerprint density at radius 3 is 2.58 bits per heavy atom. The van der Waals surface area contributed by atoms with Crippen LogP contribution in [0.4, 0.5) is 0 Å². The van der Waals surface area contributed by atoms with Gasteiger partial charge in [0, 0.05) is 20.1 Å². The molecule has 1 saturated carbocycles. The summed E-state index contributed by atoms with van der Waals surface area (Å²) in [6.45, 7) is 4.82. The number of aliphatic imine (C=N–C) groups is 1. The van der Waals surface area contributed by atoms with Gasteiger partial charge in [0.25, 0.3) is 0 Å². The standard InChI is InChI=1S/C17H32N6.HI/c1-13(10-11-15-8-6-5-7-9-15)20-17(18-3)19-12-16-22-21-14(2)23(16)4;/h13,15H,5-12H2,1-4H3,(H2,18,19,20);1H. The molecule has 1 aliphatic carbocycles. The zero-order chi connectivity index (χ0) is 16.7. The Balaban J connectivity index is 0.00000288. The molecule has 0 spiro atoms. The van der Waals surface area contributed by atoms with Crippen molar-refractivity contribution < 1.29 is 0 Å². The summed E-state index contributed by atoms with van der Waals surface area (Å²) in [5.41, 5.74) is 0. The smallest absolute Gasteiger partial charge is 0.191 e. The minimum absolute atomic E-state index is 0. The van der Waals surface area contributed by atoms with E-state index in [0.717, 1.165) is 23.5 Å². The molecule has 0 saturated heterocycles. The second-order valence-electron chi connectivity index (χ2n) is 6.77. The Kier molecular flexibility index (Phi) is 9.61. The first-order valence-electron chi connectivity index (χ1n) is 8.92. The molecule has 138 valence electrons. The molecule has 1 aliphatic rings. The van der Waals surface area contributed by atoms with Gasteiger partial charge in [-0.2, -0.15) is 0 Å². The second-order valence-corrected chi connectivity index (χ2v) is 6.77. The van der Waals surface area contributed by atoms with Crippen molar-refractivity contribution in [3.05, 3.63) is 11.6 Å². The number of rotatable bonds is 6. The summed E-state index contributed by atoms with van der Waals surface area (Å²) in [4.78, 5) is 4.31. The van der Waals surface area contributed by atoms with Gasteiger partial charge in [-0.1, -0.05) is 32.1 Å². The van der Waals surface area contributed by atoms with E-state index in [2.05, 4.69) is 32.7 Å². The van der Waals surface area contributed by atoms with Crippen molar-refractivity contribution in [3.63, 3.8) is 0 Å². The number of hydrogen-bond donors (Lipinski definition) is 2. The molecule has 6 nitrogen and oxygen atoms in total. The van der Waals surface area contributed by atoms with Crippen LogP contribution in [0, 0.1) is 12.8 Å². The Morgan fingerprint density at radius 2 is 2.00 bits per heavy atom. The highest BCUT2D eigenvalue weighted by atomic mass is 127. The molecule has 1 atom stereocenters. The lowest BCUT2D eigenvalue weighted by molar-refractivity contribution is 0.322. The van der Waals surface area contributed by atoms with Crippen LogP contribution in [-0.4, -0.2) is 33.8 Å². The third-order valence-electron chi connectivity index (χ3n) is 4.94. The number of halogens is 1. The van der Waals surface area contributed by atoms with Crippen molar-refractivity contribution in [2.45, 2.75) is 71.4 Å². The molecule has 0 amide bonds. The lowest BCUT2D eigenvalue weighted by Crippen LogP contribution is -2.42. The quantitative estimate of drug-likeness (QED) is 0.399. The topological polar surface area (TPSA) is 67.1 Å². The van der Waals surface area contributed by atoms with E-state index in [1.54, 1.807) is 0 Å². The fourth-order valence-corrected chi connectivity index (χ4v) is 3.23. The lowest BCUT2D eigenvalue weighted by Gasteiger charge is -2.24. The van der Waals surface area contributed by atoms with Crippen molar-refractivity contribution in [1.82, 2.24) is 25.4 Å². The van der Waals surface area contributed by atoms with E-state index >= 15 is 0 Å². The molecular formula is C17H33IN6. The van der Waals surface area contributed by atoms with Crippen molar-refractivity contribution >= 4 is 29.9 Å². The third kappa shape index (κ3) is 6.57. The Labute approximate surface area is 163 Å². The molecule has 0 aliphatic heterocycles. The zero-order valence-corrected chi connectivity index (χ0v) is 17.8. The third-order valence-corrected chi connectivity index (χ3v) is 4.94. The fraction of sp³-hybridized carbons (Fsp3) is 0.824. The first-order valence-corrected chi connectivity index (χ1v) is 8.92. The number of aryl methyl sites for hydroxylation is 1. The van der Waals surface area contributed by atoms with Crippen molar-refractivity contribution in [3.8, 4) is 0 Å².